The van der Waals surface area contributed by atoms with Crippen LogP contribution in [0.5, 0.6) is 0 Å². The molecule has 2 saturated heterocycles. The van der Waals surface area contributed by atoms with E-state index in [0.717, 1.165) is 38.9 Å². The van der Waals surface area contributed by atoms with Gasteiger partial charge in [0.1, 0.15) is 6.04 Å². The number of piperidine rings is 1. The van der Waals surface area contributed by atoms with E-state index in [1.54, 1.807) is 0 Å². The zero-order chi connectivity index (χ0) is 15.4. The second-order valence-corrected chi connectivity index (χ2v) is 6.79. The number of carbonyl (C=O) groups excluding carboxylic acids is 2. The molecule has 0 spiro atoms. The molecule has 2 amide bonds. The smallest absolute Gasteiger partial charge is 0.245 e. The first-order valence-electron chi connectivity index (χ1n) is 8.33. The maximum atomic E-state index is 12.6. The fourth-order valence-corrected chi connectivity index (χ4v) is 3.45. The van der Waals surface area contributed by atoms with Crippen LogP contribution in [0.4, 0.5) is 0 Å². The van der Waals surface area contributed by atoms with Crippen LogP contribution in [0.2, 0.25) is 0 Å². The van der Waals surface area contributed by atoms with E-state index in [1.807, 2.05) is 4.90 Å². The molecule has 0 aromatic rings. The molecule has 5 nitrogen and oxygen atoms in total. The summed E-state index contributed by atoms with van der Waals surface area (Å²) in [6.07, 6.45) is 3.89. The second-order valence-electron chi connectivity index (χ2n) is 6.79. The molecular formula is C16H29N3O2. The van der Waals surface area contributed by atoms with Gasteiger partial charge in [-0.2, -0.15) is 0 Å². The van der Waals surface area contributed by atoms with Gasteiger partial charge in [-0.3, -0.25) is 9.59 Å². The Balaban J connectivity index is 1.95. The fraction of sp³-hybridized carbons (Fsp3) is 0.875. The van der Waals surface area contributed by atoms with Crippen molar-refractivity contribution in [2.75, 3.05) is 26.2 Å². The van der Waals surface area contributed by atoms with Crippen molar-refractivity contribution in [3.8, 4) is 0 Å². The quantitative estimate of drug-likeness (QED) is 0.830. The van der Waals surface area contributed by atoms with Crippen LogP contribution in [0.1, 0.15) is 46.5 Å². The van der Waals surface area contributed by atoms with E-state index in [2.05, 4.69) is 31.0 Å². The highest BCUT2D eigenvalue weighted by molar-refractivity contribution is 5.95. The maximum absolute atomic E-state index is 12.6. The molecule has 0 aromatic heterocycles. The minimum absolute atomic E-state index is 0.00348. The van der Waals surface area contributed by atoms with E-state index in [1.165, 1.54) is 6.42 Å². The average molecular weight is 295 g/mol. The van der Waals surface area contributed by atoms with Crippen LogP contribution in [0.3, 0.4) is 0 Å². The van der Waals surface area contributed by atoms with Crippen molar-refractivity contribution in [2.24, 2.45) is 5.92 Å². The molecule has 21 heavy (non-hydrogen) atoms. The Bertz CT molecular complexity index is 376. The van der Waals surface area contributed by atoms with Gasteiger partial charge in [0.05, 0.1) is 6.54 Å². The summed E-state index contributed by atoms with van der Waals surface area (Å²) in [6.45, 7) is 9.82. The Morgan fingerprint density at radius 3 is 2.48 bits per heavy atom. The largest absolute Gasteiger partial charge is 0.343 e. The number of nitrogens with zero attached hydrogens (tertiary/aromatic N) is 2. The van der Waals surface area contributed by atoms with Crippen LogP contribution in [0, 0.1) is 5.92 Å². The topological polar surface area (TPSA) is 52.6 Å². The predicted molar refractivity (Wildman–Crippen MR) is 82.9 cm³/mol. The second kappa shape index (κ2) is 7.25. The Morgan fingerprint density at radius 2 is 1.90 bits per heavy atom. The molecule has 2 aliphatic rings. The number of hydrogen-bond acceptors (Lipinski definition) is 3. The zero-order valence-electron chi connectivity index (χ0n) is 13.6. The van der Waals surface area contributed by atoms with Gasteiger partial charge in [0.25, 0.3) is 0 Å². The zero-order valence-corrected chi connectivity index (χ0v) is 13.6. The SMILES string of the molecule is CCCN1CCC(N2CC(=O)NC(CC(C)C)C2=O)CC1. The first-order valence-corrected chi connectivity index (χ1v) is 8.33. The summed E-state index contributed by atoms with van der Waals surface area (Å²) < 4.78 is 0. The third kappa shape index (κ3) is 4.19. The van der Waals surface area contributed by atoms with Gasteiger partial charge in [-0.15, -0.1) is 0 Å². The van der Waals surface area contributed by atoms with Gasteiger partial charge >= 0.3 is 0 Å². The number of carbonyl (C=O) groups is 2. The van der Waals surface area contributed by atoms with Gasteiger partial charge in [0.2, 0.25) is 11.8 Å². The summed E-state index contributed by atoms with van der Waals surface area (Å²) in [7, 11) is 0. The van der Waals surface area contributed by atoms with E-state index in [0.29, 0.717) is 5.92 Å². The number of hydrogen-bond donors (Lipinski definition) is 1. The molecule has 0 radical (unpaired) electrons. The highest BCUT2D eigenvalue weighted by Gasteiger charge is 2.37. The Kier molecular flexibility index (Phi) is 5.62. The van der Waals surface area contributed by atoms with Gasteiger partial charge in [0.15, 0.2) is 0 Å². The molecule has 120 valence electrons. The molecule has 0 aromatic carbocycles. The van der Waals surface area contributed by atoms with E-state index in [9.17, 15) is 9.59 Å². The molecule has 0 saturated carbocycles. The highest BCUT2D eigenvalue weighted by atomic mass is 16.2. The summed E-state index contributed by atoms with van der Waals surface area (Å²) in [5.74, 6) is 0.527. The third-order valence-electron chi connectivity index (χ3n) is 4.48. The number of amides is 2. The highest BCUT2D eigenvalue weighted by Crippen LogP contribution is 2.21. The normalized spacial score (nSPS) is 25.5. The molecule has 1 N–H and O–H groups in total. The molecule has 0 bridgehead atoms. The molecular weight excluding hydrogens is 266 g/mol. The summed E-state index contributed by atoms with van der Waals surface area (Å²) in [5.41, 5.74) is 0. The third-order valence-corrected chi connectivity index (χ3v) is 4.48. The lowest BCUT2D eigenvalue weighted by Gasteiger charge is -2.42. The first kappa shape index (κ1) is 16.3. The first-order chi connectivity index (χ1) is 10.0. The molecule has 1 atom stereocenters. The number of rotatable bonds is 5. The summed E-state index contributed by atoms with van der Waals surface area (Å²) >= 11 is 0. The lowest BCUT2D eigenvalue weighted by molar-refractivity contribution is -0.148. The monoisotopic (exact) mass is 295 g/mol. The van der Waals surface area contributed by atoms with E-state index < -0.39 is 0 Å². The van der Waals surface area contributed by atoms with Crippen molar-refractivity contribution in [1.82, 2.24) is 15.1 Å². The molecule has 2 fully saturated rings. The van der Waals surface area contributed by atoms with Gasteiger partial charge in [-0.25, -0.2) is 0 Å². The number of likely N-dealkylation sites (tertiary alicyclic amines) is 1. The lowest BCUT2D eigenvalue weighted by Crippen LogP contribution is -2.62. The minimum atomic E-state index is -0.320. The van der Waals surface area contributed by atoms with E-state index in [4.69, 9.17) is 0 Å². The van der Waals surface area contributed by atoms with Crippen molar-refractivity contribution >= 4 is 11.8 Å². The van der Waals surface area contributed by atoms with Gasteiger partial charge in [-0.1, -0.05) is 20.8 Å². The average Bonchev–Trinajstić information content (AvgIpc) is 2.43. The van der Waals surface area contributed by atoms with Crippen molar-refractivity contribution in [3.05, 3.63) is 0 Å². The van der Waals surface area contributed by atoms with Crippen molar-refractivity contribution in [2.45, 2.75) is 58.5 Å². The van der Waals surface area contributed by atoms with Crippen LogP contribution >= 0.6 is 0 Å². The minimum Gasteiger partial charge on any atom is -0.343 e. The van der Waals surface area contributed by atoms with Crippen LogP contribution < -0.4 is 5.32 Å². The Morgan fingerprint density at radius 1 is 1.24 bits per heavy atom. The van der Waals surface area contributed by atoms with Crippen LogP contribution in [0.15, 0.2) is 0 Å². The molecule has 0 aliphatic carbocycles. The van der Waals surface area contributed by atoms with Gasteiger partial charge in [0, 0.05) is 19.1 Å². The van der Waals surface area contributed by atoms with Crippen molar-refractivity contribution in [1.29, 1.82) is 0 Å². The lowest BCUT2D eigenvalue weighted by atomic mass is 9.97. The van der Waals surface area contributed by atoms with Crippen molar-refractivity contribution in [3.63, 3.8) is 0 Å². The predicted octanol–water partition coefficient (Wildman–Crippen LogP) is 1.23. The van der Waals surface area contributed by atoms with Crippen LogP contribution in [-0.2, 0) is 9.59 Å². The fourth-order valence-electron chi connectivity index (χ4n) is 3.45. The molecule has 5 heteroatoms. The number of piperazine rings is 1. The summed E-state index contributed by atoms with van der Waals surface area (Å²) in [5, 5.41) is 2.86. The molecule has 2 rings (SSSR count). The van der Waals surface area contributed by atoms with Crippen LogP contribution in [-0.4, -0.2) is 59.9 Å². The maximum Gasteiger partial charge on any atom is 0.245 e. The summed E-state index contributed by atoms with van der Waals surface area (Å²) in [6, 6.07) is -0.0776. The summed E-state index contributed by atoms with van der Waals surface area (Å²) in [4.78, 5) is 28.8. The molecule has 1 unspecified atom stereocenters. The molecule has 2 heterocycles. The Hall–Kier alpha value is -1.10. The van der Waals surface area contributed by atoms with Gasteiger partial charge < -0.3 is 15.1 Å². The molecule has 2 aliphatic heterocycles. The Labute approximate surface area is 128 Å². The van der Waals surface area contributed by atoms with Crippen molar-refractivity contribution < 1.29 is 9.59 Å². The standard InChI is InChI=1S/C16H29N3O2/c1-4-7-18-8-5-13(6-9-18)19-11-15(20)17-14(16(19)21)10-12(2)3/h12-14H,4-11H2,1-3H3,(H,17,20). The van der Waals surface area contributed by atoms with E-state index in [-0.39, 0.29) is 30.4 Å². The van der Waals surface area contributed by atoms with Gasteiger partial charge in [-0.05, 0) is 38.1 Å². The number of nitrogens with one attached hydrogen (secondary N) is 1. The van der Waals surface area contributed by atoms with E-state index >= 15 is 0 Å². The van der Waals surface area contributed by atoms with Crippen LogP contribution in [0.25, 0.3) is 0 Å².